The number of hydrogen-bond acceptors (Lipinski definition) is 3. The predicted molar refractivity (Wildman–Crippen MR) is 39.5 cm³/mol. The molecule has 0 radical (unpaired) electrons. The van der Waals surface area contributed by atoms with Crippen molar-refractivity contribution in [1.29, 1.82) is 0 Å². The van der Waals surface area contributed by atoms with Gasteiger partial charge in [-0.05, 0) is 23.7 Å². The third kappa shape index (κ3) is 2.09. The van der Waals surface area contributed by atoms with Crippen LogP contribution < -0.4 is 0 Å². The number of nitrogens with zero attached hydrogens (tertiary/aromatic N) is 1. The molecule has 0 spiro atoms. The summed E-state index contributed by atoms with van der Waals surface area (Å²) in [7, 11) is 0. The molecule has 11 heavy (non-hydrogen) atoms. The summed E-state index contributed by atoms with van der Waals surface area (Å²) in [6.07, 6.45) is 2.55. The van der Waals surface area contributed by atoms with E-state index >= 15 is 0 Å². The van der Waals surface area contributed by atoms with E-state index in [0.717, 1.165) is 6.08 Å². The molecule has 1 aromatic heterocycles. The number of furan rings is 1. The monoisotopic (exact) mass is 173 g/mol. The van der Waals surface area contributed by atoms with E-state index in [9.17, 15) is 10.1 Å². The van der Waals surface area contributed by atoms with Crippen molar-refractivity contribution < 1.29 is 9.34 Å². The van der Waals surface area contributed by atoms with Gasteiger partial charge in [-0.25, -0.2) is 0 Å². The Kier molecular flexibility index (Phi) is 2.28. The normalized spacial score (nSPS) is 11.5. The van der Waals surface area contributed by atoms with Crippen molar-refractivity contribution in [3.8, 4) is 0 Å². The van der Waals surface area contributed by atoms with Gasteiger partial charge in [0.25, 0.3) is 0 Å². The Balaban J connectivity index is 2.82. The highest BCUT2D eigenvalue weighted by atomic mass is 35.5. The van der Waals surface area contributed by atoms with Gasteiger partial charge < -0.3 is 4.42 Å². The number of rotatable bonds is 2. The smallest absolute Gasteiger partial charge is 0.340 e. The Morgan fingerprint density at radius 3 is 3.00 bits per heavy atom. The number of hydrogen-bond donors (Lipinski definition) is 0. The minimum atomic E-state index is -0.690. The first-order valence-corrected chi connectivity index (χ1v) is 3.13. The maximum absolute atomic E-state index is 9.99. The summed E-state index contributed by atoms with van der Waals surface area (Å²) >= 11 is 5.21. The fourth-order valence-corrected chi connectivity index (χ4v) is 0.651. The summed E-state index contributed by atoms with van der Waals surface area (Å²) < 4.78 is 4.79. The molecule has 0 saturated heterocycles. The Bertz CT molecular complexity index is 278. The van der Waals surface area contributed by atoms with Crippen LogP contribution in [-0.4, -0.2) is 4.92 Å². The molecule has 0 atom stereocenters. The summed E-state index contributed by atoms with van der Waals surface area (Å²) in [5, 5.41) is 9.53. The highest BCUT2D eigenvalue weighted by Gasteiger charge is 2.05. The maximum Gasteiger partial charge on any atom is 0.340 e. The van der Waals surface area contributed by atoms with Gasteiger partial charge in [-0.1, -0.05) is 0 Å². The molecule has 0 fully saturated rings. The molecular weight excluding hydrogens is 170 g/mol. The fourth-order valence-electron chi connectivity index (χ4n) is 0.543. The molecule has 0 aliphatic rings. The SMILES string of the molecule is O=[N+]([O-])/C(Cl)=C/c1ccco1. The van der Waals surface area contributed by atoms with Crippen molar-refractivity contribution in [1.82, 2.24) is 0 Å². The van der Waals surface area contributed by atoms with Gasteiger partial charge in [-0.2, -0.15) is 0 Å². The maximum atomic E-state index is 9.99. The minimum Gasteiger partial charge on any atom is -0.465 e. The van der Waals surface area contributed by atoms with Crippen LogP contribution in [0, 0.1) is 10.1 Å². The average Bonchev–Trinajstić information content (AvgIpc) is 2.39. The van der Waals surface area contributed by atoms with E-state index in [1.165, 1.54) is 6.26 Å². The Labute approximate surface area is 67.2 Å². The van der Waals surface area contributed by atoms with Gasteiger partial charge in [0.2, 0.25) is 0 Å². The molecule has 0 amide bonds. The third-order valence-corrected chi connectivity index (χ3v) is 1.23. The quantitative estimate of drug-likeness (QED) is 0.391. The average molecular weight is 174 g/mol. The van der Waals surface area contributed by atoms with E-state index < -0.39 is 10.1 Å². The topological polar surface area (TPSA) is 56.3 Å². The lowest BCUT2D eigenvalue weighted by atomic mass is 10.4. The number of nitro groups is 1. The number of halogens is 1. The second-order valence-electron chi connectivity index (χ2n) is 1.74. The molecule has 0 aliphatic heterocycles. The zero-order valence-corrected chi connectivity index (χ0v) is 6.12. The van der Waals surface area contributed by atoms with Crippen LogP contribution in [0.25, 0.3) is 6.08 Å². The van der Waals surface area contributed by atoms with Crippen LogP contribution in [0.5, 0.6) is 0 Å². The molecule has 5 heteroatoms. The van der Waals surface area contributed by atoms with Gasteiger partial charge in [0.05, 0.1) is 17.3 Å². The predicted octanol–water partition coefficient (Wildman–Crippen LogP) is 2.09. The van der Waals surface area contributed by atoms with Crippen LogP contribution in [-0.2, 0) is 0 Å². The van der Waals surface area contributed by atoms with Crippen LogP contribution in [0.1, 0.15) is 5.76 Å². The molecule has 1 heterocycles. The Hall–Kier alpha value is -1.29. The van der Waals surface area contributed by atoms with Gasteiger partial charge >= 0.3 is 5.16 Å². The van der Waals surface area contributed by atoms with E-state index in [-0.39, 0.29) is 0 Å². The van der Waals surface area contributed by atoms with E-state index in [0.29, 0.717) is 5.76 Å². The molecule has 1 aromatic rings. The Morgan fingerprint density at radius 2 is 2.55 bits per heavy atom. The van der Waals surface area contributed by atoms with E-state index in [2.05, 4.69) is 0 Å². The van der Waals surface area contributed by atoms with Gasteiger partial charge in [0.15, 0.2) is 0 Å². The molecule has 58 valence electrons. The molecule has 0 bridgehead atoms. The molecule has 0 saturated carbocycles. The highest BCUT2D eigenvalue weighted by Crippen LogP contribution is 2.10. The van der Waals surface area contributed by atoms with Crippen molar-refractivity contribution in [3.05, 3.63) is 39.4 Å². The molecule has 4 nitrogen and oxygen atoms in total. The lowest BCUT2D eigenvalue weighted by molar-refractivity contribution is -0.410. The van der Waals surface area contributed by atoms with Gasteiger partial charge in [-0.15, -0.1) is 0 Å². The second-order valence-corrected chi connectivity index (χ2v) is 2.13. The first-order chi connectivity index (χ1) is 5.20. The molecule has 1 rings (SSSR count). The van der Waals surface area contributed by atoms with Gasteiger partial charge in [-0.3, -0.25) is 10.1 Å². The van der Waals surface area contributed by atoms with E-state index in [4.69, 9.17) is 16.0 Å². The molecule has 0 N–H and O–H groups in total. The van der Waals surface area contributed by atoms with Gasteiger partial charge in [0, 0.05) is 0 Å². The van der Waals surface area contributed by atoms with Crippen LogP contribution in [0.4, 0.5) is 0 Å². The summed E-state index contributed by atoms with van der Waals surface area (Å²) in [4.78, 5) is 9.30. The lowest BCUT2D eigenvalue weighted by Crippen LogP contribution is -1.89. The zero-order chi connectivity index (χ0) is 8.27. The van der Waals surface area contributed by atoms with Crippen molar-refractivity contribution in [2.24, 2.45) is 0 Å². The zero-order valence-electron chi connectivity index (χ0n) is 5.36. The van der Waals surface area contributed by atoms with E-state index in [1.54, 1.807) is 12.1 Å². The van der Waals surface area contributed by atoms with Crippen molar-refractivity contribution >= 4 is 17.7 Å². The summed E-state index contributed by atoms with van der Waals surface area (Å²) in [6, 6.07) is 3.20. The summed E-state index contributed by atoms with van der Waals surface area (Å²) in [5.74, 6) is 0.367. The standard InChI is InChI=1S/C6H4ClNO3/c7-6(8(9)10)4-5-2-1-3-11-5/h1-4H/b6-4+. The lowest BCUT2D eigenvalue weighted by Gasteiger charge is -1.83. The third-order valence-electron chi connectivity index (χ3n) is 0.979. The summed E-state index contributed by atoms with van der Waals surface area (Å²) in [6.45, 7) is 0. The molecule has 0 aliphatic carbocycles. The van der Waals surface area contributed by atoms with Crippen LogP contribution in [0.3, 0.4) is 0 Å². The van der Waals surface area contributed by atoms with E-state index in [1.807, 2.05) is 0 Å². The highest BCUT2D eigenvalue weighted by molar-refractivity contribution is 6.29. The minimum absolute atomic E-state index is 0.367. The summed E-state index contributed by atoms with van der Waals surface area (Å²) in [5.41, 5.74) is 0. The van der Waals surface area contributed by atoms with Crippen LogP contribution in [0.2, 0.25) is 0 Å². The molecule has 0 aromatic carbocycles. The first kappa shape index (κ1) is 7.81. The van der Waals surface area contributed by atoms with Crippen molar-refractivity contribution in [3.63, 3.8) is 0 Å². The van der Waals surface area contributed by atoms with Crippen molar-refractivity contribution in [2.45, 2.75) is 0 Å². The van der Waals surface area contributed by atoms with Crippen molar-refractivity contribution in [2.75, 3.05) is 0 Å². The van der Waals surface area contributed by atoms with Crippen LogP contribution >= 0.6 is 11.6 Å². The van der Waals surface area contributed by atoms with Crippen LogP contribution in [0.15, 0.2) is 28.0 Å². The molecular formula is C6H4ClNO3. The fraction of sp³-hybridized carbons (Fsp3) is 0. The van der Waals surface area contributed by atoms with Gasteiger partial charge in [0.1, 0.15) is 5.76 Å². The second kappa shape index (κ2) is 3.21. The molecule has 0 unspecified atom stereocenters. The Morgan fingerprint density at radius 1 is 1.82 bits per heavy atom. The first-order valence-electron chi connectivity index (χ1n) is 2.75. The largest absolute Gasteiger partial charge is 0.465 e.